The average Bonchev–Trinajstić information content (AvgIpc) is 3.21. The molecule has 0 aliphatic heterocycles. The Morgan fingerprint density at radius 1 is 1.09 bits per heavy atom. The zero-order valence-corrected chi connectivity index (χ0v) is 19.8. The van der Waals surface area contributed by atoms with Crippen molar-refractivity contribution < 1.29 is 0 Å². The van der Waals surface area contributed by atoms with Gasteiger partial charge in [-0.15, -0.1) is 0 Å². The van der Waals surface area contributed by atoms with Crippen LogP contribution in [0.1, 0.15) is 65.8 Å². The van der Waals surface area contributed by atoms with Crippen LogP contribution >= 0.6 is 0 Å². The van der Waals surface area contributed by atoms with E-state index in [-0.39, 0.29) is 0 Å². The summed E-state index contributed by atoms with van der Waals surface area (Å²) in [6.45, 7) is 10.7. The Morgan fingerprint density at radius 2 is 1.88 bits per heavy atom. The van der Waals surface area contributed by atoms with Crippen molar-refractivity contribution in [2.75, 3.05) is 23.7 Å². The molecule has 8 heteroatoms. The summed E-state index contributed by atoms with van der Waals surface area (Å²) < 4.78 is 2.25. The van der Waals surface area contributed by atoms with Gasteiger partial charge in [0.15, 0.2) is 17.0 Å². The van der Waals surface area contributed by atoms with Gasteiger partial charge in [-0.1, -0.05) is 19.3 Å². The van der Waals surface area contributed by atoms with Gasteiger partial charge in [-0.3, -0.25) is 9.88 Å². The van der Waals surface area contributed by atoms with E-state index in [0.717, 1.165) is 35.8 Å². The molecule has 172 valence electrons. The second-order valence-electron chi connectivity index (χ2n) is 9.23. The van der Waals surface area contributed by atoms with Crippen LogP contribution in [0.4, 0.5) is 17.5 Å². The van der Waals surface area contributed by atoms with E-state index in [0.29, 0.717) is 24.1 Å². The zero-order valence-electron chi connectivity index (χ0n) is 19.8. The molecule has 1 aliphatic rings. The number of hydrogen-bond acceptors (Lipinski definition) is 7. The van der Waals surface area contributed by atoms with Gasteiger partial charge in [-0.25, -0.2) is 4.98 Å². The van der Waals surface area contributed by atoms with Gasteiger partial charge in [-0.2, -0.15) is 9.97 Å². The molecular formula is C24H36N8. The number of aromatic nitrogens is 5. The quantitative estimate of drug-likeness (QED) is 0.488. The number of imidazole rings is 1. The van der Waals surface area contributed by atoms with E-state index < -0.39 is 0 Å². The first kappa shape index (κ1) is 22.5. The smallest absolute Gasteiger partial charge is 0.231 e. The van der Waals surface area contributed by atoms with Crippen molar-refractivity contribution in [2.45, 2.75) is 77.9 Å². The van der Waals surface area contributed by atoms with Crippen molar-refractivity contribution in [3.8, 4) is 0 Å². The van der Waals surface area contributed by atoms with Crippen molar-refractivity contribution >= 4 is 28.6 Å². The highest BCUT2D eigenvalue weighted by Crippen LogP contribution is 2.32. The molecule has 1 fully saturated rings. The molecule has 0 saturated heterocycles. The SMILES string of the molecule is CC(C)N(CCNc1nc(Nc2cccnc2)nc2c1ncn2C1CCCCC1)C(C)C. The van der Waals surface area contributed by atoms with E-state index in [9.17, 15) is 0 Å². The first-order valence-corrected chi connectivity index (χ1v) is 11.9. The van der Waals surface area contributed by atoms with Gasteiger partial charge in [0.25, 0.3) is 0 Å². The van der Waals surface area contributed by atoms with Gasteiger partial charge in [0.05, 0.1) is 18.2 Å². The van der Waals surface area contributed by atoms with Gasteiger partial charge in [0, 0.05) is 37.4 Å². The van der Waals surface area contributed by atoms with Gasteiger partial charge in [-0.05, 0) is 52.7 Å². The minimum Gasteiger partial charge on any atom is -0.367 e. The van der Waals surface area contributed by atoms with Crippen molar-refractivity contribution in [2.24, 2.45) is 0 Å². The molecule has 3 aromatic heterocycles. The normalized spacial score (nSPS) is 15.2. The van der Waals surface area contributed by atoms with Crippen molar-refractivity contribution in [1.29, 1.82) is 0 Å². The molecule has 3 aromatic rings. The fraction of sp³-hybridized carbons (Fsp3) is 0.583. The third-order valence-electron chi connectivity index (χ3n) is 6.30. The van der Waals surface area contributed by atoms with E-state index in [2.05, 4.69) is 52.8 Å². The van der Waals surface area contributed by atoms with Crippen LogP contribution in [0.5, 0.6) is 0 Å². The zero-order chi connectivity index (χ0) is 22.5. The molecule has 2 N–H and O–H groups in total. The highest BCUT2D eigenvalue weighted by Gasteiger charge is 2.21. The fourth-order valence-corrected chi connectivity index (χ4v) is 4.70. The minimum atomic E-state index is 0.458. The van der Waals surface area contributed by atoms with E-state index in [1.165, 1.54) is 32.1 Å². The molecular weight excluding hydrogens is 400 g/mol. The van der Waals surface area contributed by atoms with Gasteiger partial charge >= 0.3 is 0 Å². The lowest BCUT2D eigenvalue weighted by atomic mass is 9.95. The summed E-state index contributed by atoms with van der Waals surface area (Å²) in [5.74, 6) is 1.35. The van der Waals surface area contributed by atoms with Crippen molar-refractivity contribution in [3.63, 3.8) is 0 Å². The molecule has 0 unspecified atom stereocenters. The van der Waals surface area contributed by atoms with Crippen LogP contribution in [0.15, 0.2) is 30.9 Å². The van der Waals surface area contributed by atoms with Crippen LogP contribution in [-0.4, -0.2) is 54.6 Å². The van der Waals surface area contributed by atoms with E-state index >= 15 is 0 Å². The monoisotopic (exact) mass is 436 g/mol. The Kier molecular flexibility index (Phi) is 7.19. The second kappa shape index (κ2) is 10.3. The largest absolute Gasteiger partial charge is 0.367 e. The molecule has 32 heavy (non-hydrogen) atoms. The maximum absolute atomic E-state index is 4.87. The van der Waals surface area contributed by atoms with Crippen LogP contribution < -0.4 is 10.6 Å². The molecule has 0 bridgehead atoms. The highest BCUT2D eigenvalue weighted by atomic mass is 15.2. The van der Waals surface area contributed by atoms with E-state index in [1.807, 2.05) is 18.5 Å². The van der Waals surface area contributed by atoms with Crippen LogP contribution in [0.3, 0.4) is 0 Å². The molecule has 0 spiro atoms. The summed E-state index contributed by atoms with van der Waals surface area (Å²) in [6, 6.07) is 5.32. The molecule has 3 heterocycles. The highest BCUT2D eigenvalue weighted by molar-refractivity contribution is 5.84. The maximum Gasteiger partial charge on any atom is 0.231 e. The number of pyridine rings is 1. The molecule has 1 aliphatic carbocycles. The Labute approximate surface area is 190 Å². The lowest BCUT2D eigenvalue weighted by molar-refractivity contribution is 0.182. The van der Waals surface area contributed by atoms with Crippen LogP contribution in [0.25, 0.3) is 11.2 Å². The van der Waals surface area contributed by atoms with Gasteiger partial charge in [0.1, 0.15) is 0 Å². The summed E-state index contributed by atoms with van der Waals surface area (Å²) in [4.78, 5) is 21.0. The number of fused-ring (bicyclic) bond motifs is 1. The van der Waals surface area contributed by atoms with Crippen LogP contribution in [0.2, 0.25) is 0 Å². The first-order chi connectivity index (χ1) is 15.5. The Bertz CT molecular complexity index is 984. The number of rotatable bonds is 9. The summed E-state index contributed by atoms with van der Waals surface area (Å²) >= 11 is 0. The first-order valence-electron chi connectivity index (χ1n) is 11.9. The molecule has 1 saturated carbocycles. The Hall–Kier alpha value is -2.74. The summed E-state index contributed by atoms with van der Waals surface area (Å²) in [6.07, 6.45) is 11.7. The third-order valence-corrected chi connectivity index (χ3v) is 6.30. The number of hydrogen-bond donors (Lipinski definition) is 2. The van der Waals surface area contributed by atoms with Gasteiger partial charge in [0.2, 0.25) is 5.95 Å². The Morgan fingerprint density at radius 3 is 2.56 bits per heavy atom. The topological polar surface area (TPSA) is 83.8 Å². The van der Waals surface area contributed by atoms with Crippen molar-refractivity contribution in [1.82, 2.24) is 29.4 Å². The minimum absolute atomic E-state index is 0.458. The number of nitrogens with zero attached hydrogens (tertiary/aromatic N) is 6. The van der Waals surface area contributed by atoms with Crippen LogP contribution in [-0.2, 0) is 0 Å². The standard InChI is InChI=1S/C24H36N8/c1-17(2)31(18(3)4)14-13-26-22-21-23(32(16-27-21)20-10-6-5-7-11-20)30-24(29-22)28-19-9-8-12-25-15-19/h8-9,12,15-18,20H,5-7,10-11,13-14H2,1-4H3,(H2,26,28,29,30). The summed E-state index contributed by atoms with van der Waals surface area (Å²) in [5, 5.41) is 6.86. The number of nitrogens with one attached hydrogen (secondary N) is 2. The molecule has 0 aromatic carbocycles. The third kappa shape index (κ3) is 5.18. The summed E-state index contributed by atoms with van der Waals surface area (Å²) in [7, 11) is 0. The lowest BCUT2D eigenvalue weighted by Crippen LogP contribution is -2.40. The number of anilines is 3. The van der Waals surface area contributed by atoms with Crippen LogP contribution in [0, 0.1) is 0 Å². The molecule has 0 radical (unpaired) electrons. The molecule has 4 rings (SSSR count). The fourth-order valence-electron chi connectivity index (χ4n) is 4.70. The molecule has 8 nitrogen and oxygen atoms in total. The molecule has 0 atom stereocenters. The molecule has 0 amide bonds. The predicted molar refractivity (Wildman–Crippen MR) is 130 cm³/mol. The van der Waals surface area contributed by atoms with Gasteiger partial charge < -0.3 is 15.2 Å². The lowest BCUT2D eigenvalue weighted by Gasteiger charge is -2.30. The Balaban J connectivity index is 1.62. The summed E-state index contributed by atoms with van der Waals surface area (Å²) in [5.41, 5.74) is 2.60. The van der Waals surface area contributed by atoms with Crippen molar-refractivity contribution in [3.05, 3.63) is 30.9 Å². The predicted octanol–water partition coefficient (Wildman–Crippen LogP) is 5.00. The van der Waals surface area contributed by atoms with E-state index in [4.69, 9.17) is 15.0 Å². The van der Waals surface area contributed by atoms with E-state index in [1.54, 1.807) is 12.4 Å². The average molecular weight is 437 g/mol. The maximum atomic E-state index is 4.87. The second-order valence-corrected chi connectivity index (χ2v) is 9.23.